The fourth-order valence-corrected chi connectivity index (χ4v) is 4.64. The van der Waals surface area contributed by atoms with Gasteiger partial charge in [-0.2, -0.15) is 0 Å². The Labute approximate surface area is 225 Å². The SMILES string of the molecule is CCN(CC)CCN1C(=O)C(=O)/C(=C(/O)c2ccc(OCC(C)C)c(C)c2)C1c1ccc(OC)c(OC)c1. The molecule has 0 spiro atoms. The highest BCUT2D eigenvalue weighted by Gasteiger charge is 2.46. The highest BCUT2D eigenvalue weighted by Crippen LogP contribution is 2.42. The van der Waals surface area contributed by atoms with E-state index in [1.54, 1.807) is 48.4 Å². The molecule has 38 heavy (non-hydrogen) atoms. The molecule has 1 amide bonds. The molecule has 1 heterocycles. The maximum absolute atomic E-state index is 13.4. The third-order valence-corrected chi connectivity index (χ3v) is 6.84. The molecule has 1 unspecified atom stereocenters. The number of aryl methyl sites for hydroxylation is 1. The van der Waals surface area contributed by atoms with E-state index in [0.29, 0.717) is 54.0 Å². The minimum Gasteiger partial charge on any atom is -0.507 e. The summed E-state index contributed by atoms with van der Waals surface area (Å²) in [5.74, 6) is 0.534. The van der Waals surface area contributed by atoms with Gasteiger partial charge in [-0.15, -0.1) is 0 Å². The Hall–Kier alpha value is -3.52. The largest absolute Gasteiger partial charge is 0.507 e. The summed E-state index contributed by atoms with van der Waals surface area (Å²) in [6.07, 6.45) is 0. The van der Waals surface area contributed by atoms with Gasteiger partial charge in [0, 0.05) is 18.7 Å². The van der Waals surface area contributed by atoms with Crippen molar-refractivity contribution >= 4 is 17.4 Å². The van der Waals surface area contributed by atoms with Crippen LogP contribution in [0.5, 0.6) is 17.2 Å². The number of likely N-dealkylation sites (tertiary alicyclic amines) is 1. The monoisotopic (exact) mass is 524 g/mol. The second kappa shape index (κ2) is 12.8. The van der Waals surface area contributed by atoms with Gasteiger partial charge in [-0.3, -0.25) is 9.59 Å². The number of nitrogens with zero attached hydrogens (tertiary/aromatic N) is 2. The normalized spacial score (nSPS) is 17.0. The molecule has 1 atom stereocenters. The number of ether oxygens (including phenoxy) is 3. The van der Waals surface area contributed by atoms with Crippen molar-refractivity contribution in [2.75, 3.05) is 47.0 Å². The number of carbonyl (C=O) groups is 2. The number of amides is 1. The number of hydrogen-bond acceptors (Lipinski definition) is 7. The molecule has 1 aliphatic rings. The van der Waals surface area contributed by atoms with Gasteiger partial charge >= 0.3 is 0 Å². The molecule has 1 N–H and O–H groups in total. The lowest BCUT2D eigenvalue weighted by Crippen LogP contribution is -2.38. The average molecular weight is 525 g/mol. The second-order valence-corrected chi connectivity index (χ2v) is 9.82. The zero-order chi connectivity index (χ0) is 28.0. The third kappa shape index (κ3) is 6.13. The Morgan fingerprint density at radius 1 is 1.00 bits per heavy atom. The van der Waals surface area contributed by atoms with Crippen LogP contribution in [-0.4, -0.2) is 73.6 Å². The Morgan fingerprint density at radius 2 is 1.66 bits per heavy atom. The van der Waals surface area contributed by atoms with Gasteiger partial charge in [-0.05, 0) is 67.4 Å². The van der Waals surface area contributed by atoms with Crippen molar-refractivity contribution in [3.05, 3.63) is 58.7 Å². The van der Waals surface area contributed by atoms with Gasteiger partial charge in [-0.25, -0.2) is 0 Å². The van der Waals surface area contributed by atoms with Crippen LogP contribution in [0.1, 0.15) is 50.4 Å². The predicted octanol–water partition coefficient (Wildman–Crippen LogP) is 4.81. The summed E-state index contributed by atoms with van der Waals surface area (Å²) in [6, 6.07) is 9.79. The number of hydrogen-bond donors (Lipinski definition) is 1. The van der Waals surface area contributed by atoms with E-state index in [9.17, 15) is 14.7 Å². The number of carbonyl (C=O) groups excluding carboxylic acids is 2. The van der Waals surface area contributed by atoms with Crippen LogP contribution in [0.15, 0.2) is 42.0 Å². The number of Topliss-reactive ketones (excluding diaryl/α,β-unsaturated/α-hetero) is 1. The molecule has 2 aromatic carbocycles. The second-order valence-electron chi connectivity index (χ2n) is 9.82. The molecular weight excluding hydrogens is 484 g/mol. The van der Waals surface area contributed by atoms with Crippen molar-refractivity contribution in [3.8, 4) is 17.2 Å². The lowest BCUT2D eigenvalue weighted by Gasteiger charge is -2.28. The van der Waals surface area contributed by atoms with Crippen LogP contribution < -0.4 is 14.2 Å². The number of benzene rings is 2. The van der Waals surface area contributed by atoms with Gasteiger partial charge in [0.2, 0.25) is 0 Å². The fraction of sp³-hybridized carbons (Fsp3) is 0.467. The number of aliphatic hydroxyl groups is 1. The van der Waals surface area contributed by atoms with Crippen molar-refractivity contribution in [1.82, 2.24) is 9.80 Å². The topological polar surface area (TPSA) is 88.5 Å². The summed E-state index contributed by atoms with van der Waals surface area (Å²) in [6.45, 7) is 13.3. The zero-order valence-corrected chi connectivity index (χ0v) is 23.5. The first-order valence-corrected chi connectivity index (χ1v) is 13.1. The summed E-state index contributed by atoms with van der Waals surface area (Å²) >= 11 is 0. The van der Waals surface area contributed by atoms with Gasteiger partial charge in [0.1, 0.15) is 11.5 Å². The van der Waals surface area contributed by atoms with Crippen molar-refractivity contribution in [3.63, 3.8) is 0 Å². The highest BCUT2D eigenvalue weighted by atomic mass is 16.5. The van der Waals surface area contributed by atoms with E-state index in [4.69, 9.17) is 14.2 Å². The molecule has 0 bridgehead atoms. The number of rotatable bonds is 12. The van der Waals surface area contributed by atoms with Gasteiger partial charge in [0.25, 0.3) is 11.7 Å². The smallest absolute Gasteiger partial charge is 0.295 e. The minimum absolute atomic E-state index is 0.0528. The van der Waals surface area contributed by atoms with Crippen LogP contribution >= 0.6 is 0 Å². The molecule has 8 heteroatoms. The van der Waals surface area contributed by atoms with Gasteiger partial charge in [0.05, 0.1) is 32.4 Å². The maximum atomic E-state index is 13.4. The molecule has 2 aromatic rings. The molecular formula is C30H40N2O6. The highest BCUT2D eigenvalue weighted by molar-refractivity contribution is 6.46. The van der Waals surface area contributed by atoms with E-state index >= 15 is 0 Å². The average Bonchev–Trinajstić information content (AvgIpc) is 3.16. The summed E-state index contributed by atoms with van der Waals surface area (Å²) in [5, 5.41) is 11.5. The number of aliphatic hydroxyl groups excluding tert-OH is 1. The minimum atomic E-state index is -0.775. The van der Waals surface area contributed by atoms with Crippen LogP contribution in [0, 0.1) is 12.8 Å². The third-order valence-electron chi connectivity index (χ3n) is 6.84. The van der Waals surface area contributed by atoms with Crippen LogP contribution in [0.2, 0.25) is 0 Å². The summed E-state index contributed by atoms with van der Waals surface area (Å²) in [7, 11) is 3.08. The lowest BCUT2D eigenvalue weighted by molar-refractivity contribution is -0.140. The molecule has 8 nitrogen and oxygen atoms in total. The van der Waals surface area contributed by atoms with Crippen molar-refractivity contribution < 1.29 is 28.9 Å². The van der Waals surface area contributed by atoms with Gasteiger partial charge < -0.3 is 29.1 Å². The molecule has 0 aromatic heterocycles. The lowest BCUT2D eigenvalue weighted by atomic mass is 9.94. The summed E-state index contributed by atoms with van der Waals surface area (Å²) < 4.78 is 16.7. The summed E-state index contributed by atoms with van der Waals surface area (Å²) in [5.41, 5.74) is 1.98. The Kier molecular flexibility index (Phi) is 9.80. The molecule has 0 aliphatic carbocycles. The van der Waals surface area contributed by atoms with E-state index in [0.717, 1.165) is 18.7 Å². The first-order valence-electron chi connectivity index (χ1n) is 13.1. The van der Waals surface area contributed by atoms with Crippen molar-refractivity contribution in [2.24, 2.45) is 5.92 Å². The first-order chi connectivity index (χ1) is 18.2. The quantitative estimate of drug-likeness (QED) is 0.242. The van der Waals surface area contributed by atoms with E-state index < -0.39 is 17.7 Å². The van der Waals surface area contributed by atoms with Crippen LogP contribution in [0.4, 0.5) is 0 Å². The fourth-order valence-electron chi connectivity index (χ4n) is 4.64. The van der Waals surface area contributed by atoms with Gasteiger partial charge in [0.15, 0.2) is 11.5 Å². The Bertz CT molecular complexity index is 1190. The van der Waals surface area contributed by atoms with Crippen LogP contribution in [0.3, 0.4) is 0 Å². The molecule has 0 radical (unpaired) electrons. The summed E-state index contributed by atoms with van der Waals surface area (Å²) in [4.78, 5) is 30.4. The molecule has 1 saturated heterocycles. The zero-order valence-electron chi connectivity index (χ0n) is 23.5. The van der Waals surface area contributed by atoms with E-state index in [2.05, 4.69) is 32.6 Å². The molecule has 3 rings (SSSR count). The Balaban J connectivity index is 2.11. The predicted molar refractivity (Wildman–Crippen MR) is 148 cm³/mol. The number of ketones is 1. The number of likely N-dealkylation sites (N-methyl/N-ethyl adjacent to an activating group) is 1. The van der Waals surface area contributed by atoms with E-state index in [1.165, 1.54) is 7.11 Å². The van der Waals surface area contributed by atoms with Gasteiger partial charge in [-0.1, -0.05) is 33.8 Å². The molecule has 1 fully saturated rings. The number of methoxy groups -OCH3 is 2. The van der Waals surface area contributed by atoms with Crippen molar-refractivity contribution in [1.29, 1.82) is 0 Å². The van der Waals surface area contributed by atoms with E-state index in [1.807, 2.05) is 6.92 Å². The molecule has 1 aliphatic heterocycles. The van der Waals surface area contributed by atoms with Crippen LogP contribution in [0.25, 0.3) is 5.76 Å². The maximum Gasteiger partial charge on any atom is 0.295 e. The van der Waals surface area contributed by atoms with Crippen molar-refractivity contribution in [2.45, 2.75) is 40.7 Å². The van der Waals surface area contributed by atoms with E-state index in [-0.39, 0.29) is 11.3 Å². The standard InChI is InChI=1S/C30H40N2O6/c1-8-31(9-2)14-15-32-27(21-10-13-24(36-6)25(17-21)37-7)26(29(34)30(32)35)28(33)22-11-12-23(20(5)16-22)38-18-19(3)4/h10-13,16-17,19,27,33H,8-9,14-15,18H2,1-7H3/b28-26+. The molecule has 0 saturated carbocycles. The Morgan fingerprint density at radius 3 is 2.24 bits per heavy atom. The van der Waals surface area contributed by atoms with Crippen LogP contribution in [-0.2, 0) is 9.59 Å². The first kappa shape index (κ1) is 29.0. The molecule has 206 valence electrons.